The highest BCUT2D eigenvalue weighted by molar-refractivity contribution is 5.79. The van der Waals surface area contributed by atoms with Crippen molar-refractivity contribution in [3.8, 4) is 0 Å². The summed E-state index contributed by atoms with van der Waals surface area (Å²) in [5.41, 5.74) is 6.83. The van der Waals surface area contributed by atoms with Crippen LogP contribution in [0.25, 0.3) is 11.0 Å². The van der Waals surface area contributed by atoms with Gasteiger partial charge in [0.25, 0.3) is 0 Å². The second-order valence-electron chi connectivity index (χ2n) is 5.11. The fourth-order valence-corrected chi connectivity index (χ4v) is 2.37. The molecule has 1 heterocycles. The summed E-state index contributed by atoms with van der Waals surface area (Å²) in [5, 5.41) is 3.33. The Hall–Kier alpha value is -2.29. The van der Waals surface area contributed by atoms with Crippen LogP contribution in [-0.4, -0.2) is 9.97 Å². The molecule has 0 amide bonds. The SMILES string of the molecule is Cc1cc(C)cc(Nc2nc3ccc(C)cc3[nH]2)c1. The normalized spacial score (nSPS) is 10.9. The molecule has 3 heteroatoms. The van der Waals surface area contributed by atoms with Crippen molar-refractivity contribution in [3.05, 3.63) is 53.1 Å². The number of aromatic amines is 1. The summed E-state index contributed by atoms with van der Waals surface area (Å²) in [6.45, 7) is 6.28. The third-order valence-corrected chi connectivity index (χ3v) is 3.12. The van der Waals surface area contributed by atoms with Crippen molar-refractivity contribution in [2.24, 2.45) is 0 Å². The average molecular weight is 251 g/mol. The zero-order valence-electron chi connectivity index (χ0n) is 11.4. The molecule has 0 saturated carbocycles. The van der Waals surface area contributed by atoms with Gasteiger partial charge in [0.05, 0.1) is 11.0 Å². The Morgan fingerprint density at radius 1 is 0.895 bits per heavy atom. The van der Waals surface area contributed by atoms with E-state index in [0.717, 1.165) is 22.7 Å². The number of benzene rings is 2. The molecule has 0 atom stereocenters. The van der Waals surface area contributed by atoms with Crippen LogP contribution in [0.4, 0.5) is 11.6 Å². The van der Waals surface area contributed by atoms with Gasteiger partial charge in [0, 0.05) is 5.69 Å². The second-order valence-corrected chi connectivity index (χ2v) is 5.11. The minimum Gasteiger partial charge on any atom is -0.326 e. The average Bonchev–Trinajstić information content (AvgIpc) is 2.68. The van der Waals surface area contributed by atoms with E-state index in [1.54, 1.807) is 0 Å². The zero-order chi connectivity index (χ0) is 13.4. The summed E-state index contributed by atoms with van der Waals surface area (Å²) in [4.78, 5) is 7.84. The largest absolute Gasteiger partial charge is 0.326 e. The summed E-state index contributed by atoms with van der Waals surface area (Å²) in [6, 6.07) is 12.6. The molecule has 3 aromatic rings. The van der Waals surface area contributed by atoms with E-state index in [1.807, 2.05) is 6.07 Å². The zero-order valence-corrected chi connectivity index (χ0v) is 11.4. The van der Waals surface area contributed by atoms with Crippen molar-refractivity contribution in [3.63, 3.8) is 0 Å². The number of hydrogen-bond donors (Lipinski definition) is 2. The number of fused-ring (bicyclic) bond motifs is 1. The monoisotopic (exact) mass is 251 g/mol. The fraction of sp³-hybridized carbons (Fsp3) is 0.188. The summed E-state index contributed by atoms with van der Waals surface area (Å²) < 4.78 is 0. The maximum absolute atomic E-state index is 4.54. The topological polar surface area (TPSA) is 40.7 Å². The van der Waals surface area contributed by atoms with Crippen LogP contribution in [-0.2, 0) is 0 Å². The van der Waals surface area contributed by atoms with Crippen LogP contribution in [0.1, 0.15) is 16.7 Å². The molecule has 0 saturated heterocycles. The van der Waals surface area contributed by atoms with Crippen molar-refractivity contribution in [2.75, 3.05) is 5.32 Å². The smallest absolute Gasteiger partial charge is 0.205 e. The van der Waals surface area contributed by atoms with Gasteiger partial charge in [0.15, 0.2) is 0 Å². The first-order chi connectivity index (χ1) is 9.10. The van der Waals surface area contributed by atoms with Crippen LogP contribution in [0.15, 0.2) is 36.4 Å². The molecule has 0 aliphatic rings. The van der Waals surface area contributed by atoms with E-state index in [0.29, 0.717) is 0 Å². The number of nitrogens with one attached hydrogen (secondary N) is 2. The molecule has 0 unspecified atom stereocenters. The Morgan fingerprint density at radius 2 is 1.63 bits per heavy atom. The Morgan fingerprint density at radius 3 is 2.37 bits per heavy atom. The number of aryl methyl sites for hydroxylation is 3. The Bertz CT molecular complexity index is 721. The van der Waals surface area contributed by atoms with Gasteiger partial charge in [-0.1, -0.05) is 12.1 Å². The van der Waals surface area contributed by atoms with Crippen molar-refractivity contribution in [2.45, 2.75) is 20.8 Å². The summed E-state index contributed by atoms with van der Waals surface area (Å²) >= 11 is 0. The standard InChI is InChI=1S/C16H17N3/c1-10-4-5-14-15(9-10)19-16(18-14)17-13-7-11(2)6-12(3)8-13/h4-9H,1-3H3,(H2,17,18,19). The molecule has 2 N–H and O–H groups in total. The van der Waals surface area contributed by atoms with Crippen LogP contribution in [0.5, 0.6) is 0 Å². The van der Waals surface area contributed by atoms with E-state index in [4.69, 9.17) is 0 Å². The summed E-state index contributed by atoms with van der Waals surface area (Å²) in [7, 11) is 0. The van der Waals surface area contributed by atoms with Crippen molar-refractivity contribution in [1.29, 1.82) is 0 Å². The molecule has 0 radical (unpaired) electrons. The highest BCUT2D eigenvalue weighted by atomic mass is 15.1. The molecule has 96 valence electrons. The Labute approximate surface area is 112 Å². The number of rotatable bonds is 2. The van der Waals surface area contributed by atoms with Crippen LogP contribution in [0.2, 0.25) is 0 Å². The number of aromatic nitrogens is 2. The lowest BCUT2D eigenvalue weighted by atomic mass is 10.1. The minimum absolute atomic E-state index is 0.783. The van der Waals surface area contributed by atoms with E-state index < -0.39 is 0 Å². The number of imidazole rings is 1. The quantitative estimate of drug-likeness (QED) is 0.715. The van der Waals surface area contributed by atoms with Gasteiger partial charge < -0.3 is 10.3 Å². The second kappa shape index (κ2) is 4.43. The van der Waals surface area contributed by atoms with Gasteiger partial charge in [0.1, 0.15) is 0 Å². The first kappa shape index (κ1) is 11.8. The third-order valence-electron chi connectivity index (χ3n) is 3.12. The van der Waals surface area contributed by atoms with Gasteiger partial charge in [-0.15, -0.1) is 0 Å². The number of H-pyrrole nitrogens is 1. The Balaban J connectivity index is 1.96. The number of hydrogen-bond acceptors (Lipinski definition) is 2. The molecule has 0 spiro atoms. The molecule has 19 heavy (non-hydrogen) atoms. The highest BCUT2D eigenvalue weighted by Crippen LogP contribution is 2.21. The van der Waals surface area contributed by atoms with E-state index >= 15 is 0 Å². The molecular weight excluding hydrogens is 234 g/mol. The predicted octanol–water partition coefficient (Wildman–Crippen LogP) is 4.23. The molecule has 3 rings (SSSR count). The van der Waals surface area contributed by atoms with Crippen LogP contribution in [0, 0.1) is 20.8 Å². The highest BCUT2D eigenvalue weighted by Gasteiger charge is 2.03. The Kier molecular flexibility index (Phi) is 2.75. The fourth-order valence-electron chi connectivity index (χ4n) is 2.37. The number of anilines is 2. The van der Waals surface area contributed by atoms with E-state index in [1.165, 1.54) is 16.7 Å². The van der Waals surface area contributed by atoms with Crippen LogP contribution < -0.4 is 5.32 Å². The van der Waals surface area contributed by atoms with Gasteiger partial charge >= 0.3 is 0 Å². The van der Waals surface area contributed by atoms with Gasteiger partial charge in [-0.2, -0.15) is 0 Å². The van der Waals surface area contributed by atoms with Crippen molar-refractivity contribution < 1.29 is 0 Å². The molecule has 0 aliphatic heterocycles. The van der Waals surface area contributed by atoms with Gasteiger partial charge in [-0.25, -0.2) is 4.98 Å². The van der Waals surface area contributed by atoms with E-state index in [9.17, 15) is 0 Å². The summed E-state index contributed by atoms with van der Waals surface area (Å²) in [6.07, 6.45) is 0. The molecule has 2 aromatic carbocycles. The van der Waals surface area contributed by atoms with Gasteiger partial charge in [-0.05, 0) is 61.7 Å². The maximum atomic E-state index is 4.54. The van der Waals surface area contributed by atoms with E-state index in [-0.39, 0.29) is 0 Å². The van der Waals surface area contributed by atoms with Crippen molar-refractivity contribution in [1.82, 2.24) is 9.97 Å². The lowest BCUT2D eigenvalue weighted by Crippen LogP contribution is -1.93. The molecule has 3 nitrogen and oxygen atoms in total. The van der Waals surface area contributed by atoms with Gasteiger partial charge in [0.2, 0.25) is 5.95 Å². The first-order valence-corrected chi connectivity index (χ1v) is 6.42. The lowest BCUT2D eigenvalue weighted by molar-refractivity contribution is 1.29. The first-order valence-electron chi connectivity index (χ1n) is 6.42. The van der Waals surface area contributed by atoms with Gasteiger partial charge in [-0.3, -0.25) is 0 Å². The van der Waals surface area contributed by atoms with Crippen molar-refractivity contribution >= 4 is 22.7 Å². The molecule has 0 fully saturated rings. The minimum atomic E-state index is 0.783. The molecule has 1 aromatic heterocycles. The maximum Gasteiger partial charge on any atom is 0.205 e. The lowest BCUT2D eigenvalue weighted by Gasteiger charge is -2.05. The molecule has 0 bridgehead atoms. The van der Waals surface area contributed by atoms with Crippen LogP contribution in [0.3, 0.4) is 0 Å². The predicted molar refractivity (Wildman–Crippen MR) is 80.0 cm³/mol. The third kappa shape index (κ3) is 2.45. The summed E-state index contributed by atoms with van der Waals surface area (Å²) in [5.74, 6) is 0.783. The molecular formula is C16H17N3. The number of nitrogens with zero attached hydrogens (tertiary/aromatic N) is 1. The van der Waals surface area contributed by atoms with Crippen LogP contribution >= 0.6 is 0 Å². The molecule has 0 aliphatic carbocycles. The van der Waals surface area contributed by atoms with E-state index in [2.05, 4.69) is 66.4 Å².